The second kappa shape index (κ2) is 27.2. The first-order valence-corrected chi connectivity index (χ1v) is 37.2. The molecular formula is C98H84N2O4. The van der Waals surface area contributed by atoms with Gasteiger partial charge >= 0.3 is 0 Å². The molecule has 0 saturated carbocycles. The third kappa shape index (κ3) is 11.3. The summed E-state index contributed by atoms with van der Waals surface area (Å²) in [6.07, 6.45) is 16.0. The van der Waals surface area contributed by atoms with Gasteiger partial charge in [-0.1, -0.05) is 268 Å². The van der Waals surface area contributed by atoms with Crippen molar-refractivity contribution < 1.29 is 18.9 Å². The van der Waals surface area contributed by atoms with Crippen molar-refractivity contribution in [3.8, 4) is 56.0 Å². The van der Waals surface area contributed by atoms with Gasteiger partial charge in [-0.15, -0.1) is 0 Å². The van der Waals surface area contributed by atoms with E-state index < -0.39 is 10.8 Å². The molecule has 12 aromatic rings. The molecule has 104 heavy (non-hydrogen) atoms. The van der Waals surface area contributed by atoms with Crippen LogP contribution in [0, 0.1) is 22.7 Å². The summed E-state index contributed by atoms with van der Waals surface area (Å²) >= 11 is 0. The Morgan fingerprint density at radius 2 is 0.769 bits per heavy atom. The van der Waals surface area contributed by atoms with Crippen LogP contribution in [0.4, 0.5) is 28.4 Å². The molecule has 0 N–H and O–H groups in total. The minimum absolute atomic E-state index is 0.0717. The molecule has 2 fully saturated rings. The van der Waals surface area contributed by atoms with Crippen LogP contribution < -0.4 is 19.3 Å². The Hall–Kier alpha value is -11.3. The van der Waals surface area contributed by atoms with E-state index in [1.807, 2.05) is 0 Å². The van der Waals surface area contributed by atoms with Gasteiger partial charge in [-0.2, -0.15) is 0 Å². The van der Waals surface area contributed by atoms with E-state index in [-0.39, 0.29) is 22.7 Å². The second-order valence-corrected chi connectivity index (χ2v) is 29.4. The van der Waals surface area contributed by atoms with Gasteiger partial charge in [-0.3, -0.25) is 0 Å². The molecule has 6 aliphatic rings. The van der Waals surface area contributed by atoms with Crippen molar-refractivity contribution in [2.75, 3.05) is 49.4 Å². The molecule has 12 aromatic carbocycles. The fourth-order valence-corrected chi connectivity index (χ4v) is 17.6. The van der Waals surface area contributed by atoms with Crippen LogP contribution >= 0.6 is 0 Å². The third-order valence-electron chi connectivity index (χ3n) is 23.6. The van der Waals surface area contributed by atoms with Crippen molar-refractivity contribution in [2.45, 2.75) is 50.4 Å². The van der Waals surface area contributed by atoms with E-state index in [1.165, 1.54) is 83.6 Å². The highest BCUT2D eigenvalue weighted by Gasteiger charge is 2.55. The van der Waals surface area contributed by atoms with Gasteiger partial charge in [-0.05, 0) is 200 Å². The van der Waals surface area contributed by atoms with Crippen LogP contribution in [0.25, 0.3) is 44.5 Å². The number of ether oxygens (including phenoxy) is 4. The van der Waals surface area contributed by atoms with Crippen molar-refractivity contribution in [1.82, 2.24) is 0 Å². The minimum Gasteiger partial charge on any atom is -0.493 e. The summed E-state index contributed by atoms with van der Waals surface area (Å²) in [6.45, 7) is 8.76. The zero-order valence-corrected chi connectivity index (χ0v) is 59.1. The number of nitrogens with zero attached hydrogens (tertiary/aromatic N) is 2. The lowest BCUT2D eigenvalue weighted by atomic mass is 9.62. The number of fused-ring (bicyclic) bond motifs is 5. The molecule has 4 atom stereocenters. The molecule has 0 aromatic heterocycles. The molecule has 0 radical (unpaired) electrons. The van der Waals surface area contributed by atoms with Crippen LogP contribution in [-0.4, -0.2) is 39.6 Å². The molecule has 510 valence electrons. The Bertz CT molecular complexity index is 5190. The van der Waals surface area contributed by atoms with E-state index in [1.54, 1.807) is 0 Å². The standard InChI is InChI=1S/C98H84N2O4/c1-3-95(63-101-64-95)67-103-85-55-41-77(42-56-85)97(75-25-13-7-14-26-75)91-31-19-17-29-87(91)89-59-53-83(61-93(89)97)99(79-45-33-71(34-46-79)69-21-9-5-10-22-69)81-49-37-73(38-50-81)74-39-51-82(52-40-74)100(80-47-35-72(36-48-80)70-23-11-6-12-24-70)84-54-60-90-88-30-18-20-32-92(88)98(94(90)62-84,76-27-15-8-16-28-76)78-43-57-86(58-44-78)104-68-96(4-2)65-102-66-96/h5-53,55-59,61-62,88,92H,3-4,54,60,63-68H2,1-2H3. The lowest BCUT2D eigenvalue weighted by Crippen LogP contribution is -2.46. The van der Waals surface area contributed by atoms with Gasteiger partial charge in [0.1, 0.15) is 11.5 Å². The molecule has 18 rings (SSSR count). The highest BCUT2D eigenvalue weighted by molar-refractivity contribution is 5.90. The summed E-state index contributed by atoms with van der Waals surface area (Å²) in [5, 5.41) is 0. The maximum atomic E-state index is 6.58. The first-order chi connectivity index (χ1) is 51.3. The SMILES string of the molecule is CCC1(COc2ccc(C3(c4ccccc4)c4ccccc4-c4ccc(N(c5ccc(-c6ccccc6)cc5)c5ccc(-c6ccc(N(C7=CC8=C(CC7)C7C=CC=CC7C8(c7ccccc7)c7ccc(OCC8(CC)COC8)cc7)c7ccc(-c8ccccc8)cc7)cc6)cc5)cc43)cc2)COC1. The number of hydrogen-bond acceptors (Lipinski definition) is 6. The van der Waals surface area contributed by atoms with E-state index >= 15 is 0 Å². The van der Waals surface area contributed by atoms with Crippen LogP contribution in [0.1, 0.15) is 72.9 Å². The van der Waals surface area contributed by atoms with Crippen LogP contribution in [0.5, 0.6) is 11.5 Å². The largest absolute Gasteiger partial charge is 0.493 e. The van der Waals surface area contributed by atoms with Gasteiger partial charge in [0.25, 0.3) is 0 Å². The van der Waals surface area contributed by atoms with Crippen LogP contribution in [0.3, 0.4) is 0 Å². The number of hydrogen-bond donors (Lipinski definition) is 0. The minimum atomic E-state index is -0.633. The maximum Gasteiger partial charge on any atom is 0.119 e. The lowest BCUT2D eigenvalue weighted by Gasteiger charge is -2.41. The van der Waals surface area contributed by atoms with Crippen molar-refractivity contribution >= 4 is 28.4 Å². The second-order valence-electron chi connectivity index (χ2n) is 29.4. The number of benzene rings is 12. The Kier molecular flexibility index (Phi) is 16.9. The molecule has 0 bridgehead atoms. The summed E-state index contributed by atoms with van der Waals surface area (Å²) in [5.74, 6) is 2.21. The number of allylic oxidation sites excluding steroid dienone is 8. The van der Waals surface area contributed by atoms with Crippen molar-refractivity contribution in [3.05, 3.63) is 390 Å². The van der Waals surface area contributed by atoms with Crippen molar-refractivity contribution in [3.63, 3.8) is 0 Å². The summed E-state index contributed by atoms with van der Waals surface area (Å²) in [7, 11) is 0. The Balaban J connectivity index is 0.718. The smallest absolute Gasteiger partial charge is 0.119 e. The average molecular weight is 1350 g/mol. The van der Waals surface area contributed by atoms with Crippen molar-refractivity contribution in [1.29, 1.82) is 0 Å². The molecular weight excluding hydrogens is 1270 g/mol. The number of anilines is 5. The Labute approximate surface area is 612 Å². The fourth-order valence-electron chi connectivity index (χ4n) is 17.6. The third-order valence-corrected chi connectivity index (χ3v) is 23.6. The first kappa shape index (κ1) is 64.8. The summed E-state index contributed by atoms with van der Waals surface area (Å²) in [6, 6.07) is 115. The molecule has 2 aliphatic heterocycles. The van der Waals surface area contributed by atoms with Gasteiger partial charge in [0.05, 0.1) is 61.3 Å². The molecule has 2 heterocycles. The fraction of sp³-hybridized carbons (Fsp3) is 0.184. The predicted molar refractivity (Wildman–Crippen MR) is 425 cm³/mol. The quantitative estimate of drug-likeness (QED) is 0.0714. The first-order valence-electron chi connectivity index (χ1n) is 37.2. The molecule has 2 saturated heterocycles. The van der Waals surface area contributed by atoms with E-state index in [0.29, 0.717) is 13.2 Å². The lowest BCUT2D eigenvalue weighted by molar-refractivity contribution is -0.133. The Morgan fingerprint density at radius 3 is 1.26 bits per heavy atom. The summed E-state index contributed by atoms with van der Waals surface area (Å²) < 4.78 is 24.5. The highest BCUT2D eigenvalue weighted by atomic mass is 16.5. The molecule has 6 heteroatoms. The van der Waals surface area contributed by atoms with E-state index in [2.05, 4.69) is 363 Å². The van der Waals surface area contributed by atoms with Gasteiger partial charge in [0.2, 0.25) is 0 Å². The van der Waals surface area contributed by atoms with Gasteiger partial charge in [-0.25, -0.2) is 0 Å². The van der Waals surface area contributed by atoms with Gasteiger partial charge in [0, 0.05) is 46.0 Å². The number of rotatable bonds is 21. The van der Waals surface area contributed by atoms with Gasteiger partial charge < -0.3 is 28.7 Å². The molecule has 4 unspecified atom stereocenters. The van der Waals surface area contributed by atoms with Gasteiger partial charge in [0.15, 0.2) is 0 Å². The van der Waals surface area contributed by atoms with E-state index in [4.69, 9.17) is 18.9 Å². The normalized spacial score (nSPS) is 19.8. The van der Waals surface area contributed by atoms with Crippen molar-refractivity contribution in [2.24, 2.45) is 22.7 Å². The molecule has 0 spiro atoms. The Morgan fingerprint density at radius 1 is 0.365 bits per heavy atom. The topological polar surface area (TPSA) is 43.4 Å². The molecule has 4 aliphatic carbocycles. The average Bonchev–Trinajstić information content (AvgIpc) is 1.53. The zero-order chi connectivity index (χ0) is 69.7. The summed E-state index contributed by atoms with van der Waals surface area (Å²) in [5.41, 5.74) is 25.6. The van der Waals surface area contributed by atoms with Crippen LogP contribution in [0.15, 0.2) is 357 Å². The maximum absolute atomic E-state index is 6.58. The highest BCUT2D eigenvalue weighted by Crippen LogP contribution is 2.62. The van der Waals surface area contributed by atoms with Crippen LogP contribution in [-0.2, 0) is 20.3 Å². The summed E-state index contributed by atoms with van der Waals surface area (Å²) in [4.78, 5) is 4.96. The van der Waals surface area contributed by atoms with Crippen LogP contribution in [0.2, 0.25) is 0 Å². The van der Waals surface area contributed by atoms with E-state index in [9.17, 15) is 0 Å². The zero-order valence-electron chi connectivity index (χ0n) is 59.1. The predicted octanol–water partition coefficient (Wildman–Crippen LogP) is 23.6. The monoisotopic (exact) mass is 1350 g/mol. The van der Waals surface area contributed by atoms with E-state index in [0.717, 1.165) is 103 Å². The molecule has 0 amide bonds. The molecule has 6 nitrogen and oxygen atoms in total.